The number of carbonyl (C=O) groups excluding carboxylic acids is 1. The fourth-order valence-corrected chi connectivity index (χ4v) is 0.232. The van der Waals surface area contributed by atoms with E-state index >= 15 is 0 Å². The molecule has 4 nitrogen and oxygen atoms in total. The number of carboxylic acid groups (broad SMARTS) is 1. The average molecular weight is 125 g/mol. The Kier molecular flexibility index (Phi) is 2.81. The second kappa shape index (κ2) is 3.42. The Morgan fingerprint density at radius 2 is 2.33 bits per heavy atom. The van der Waals surface area contributed by atoms with Crippen molar-refractivity contribution >= 4 is 11.9 Å². The summed E-state index contributed by atoms with van der Waals surface area (Å²) in [5.74, 6) is -1.47. The van der Waals surface area contributed by atoms with E-state index in [9.17, 15) is 9.59 Å². The minimum Gasteiger partial charge on any atom is -0.480 e. The van der Waals surface area contributed by atoms with Crippen LogP contribution < -0.4 is 0 Å². The molecule has 0 saturated heterocycles. The van der Waals surface area contributed by atoms with E-state index in [0.29, 0.717) is 6.08 Å². The molecular weight excluding hydrogens is 122 g/mol. The van der Waals surface area contributed by atoms with Crippen LogP contribution in [0, 0.1) is 17.2 Å². The number of aliphatic carboxylic acids is 1. The molecule has 0 rings (SSSR count). The van der Waals surface area contributed by atoms with Gasteiger partial charge >= 0.3 is 5.97 Å². The van der Waals surface area contributed by atoms with Gasteiger partial charge in [0, 0.05) is 6.08 Å². The standard InChI is InChI=1S/C5H3NO3/c6-3-4(1-2-7)5(8)9/h1,4H,(H,8,9). The van der Waals surface area contributed by atoms with Gasteiger partial charge in [0.25, 0.3) is 0 Å². The third-order valence-corrected chi connectivity index (χ3v) is 0.640. The fourth-order valence-electron chi connectivity index (χ4n) is 0.232. The summed E-state index contributed by atoms with van der Waals surface area (Å²) in [6, 6.07) is 1.38. The second-order valence-electron chi connectivity index (χ2n) is 1.23. The van der Waals surface area contributed by atoms with Crippen LogP contribution in [0.2, 0.25) is 0 Å². The van der Waals surface area contributed by atoms with Crippen molar-refractivity contribution in [3.8, 4) is 6.07 Å². The highest BCUT2D eigenvalue weighted by Crippen LogP contribution is 1.92. The third kappa shape index (κ3) is 2.27. The molecular formula is C5H3NO3. The summed E-state index contributed by atoms with van der Waals surface area (Å²) in [5, 5.41) is 16.1. The first-order valence-electron chi connectivity index (χ1n) is 2.05. The maximum absolute atomic E-state index is 9.89. The number of hydrogen-bond acceptors (Lipinski definition) is 3. The number of carboxylic acids is 1. The van der Waals surface area contributed by atoms with Crippen LogP contribution in [0.4, 0.5) is 0 Å². The van der Waals surface area contributed by atoms with E-state index in [-0.39, 0.29) is 0 Å². The van der Waals surface area contributed by atoms with Gasteiger partial charge in [-0.1, -0.05) is 0 Å². The quantitative estimate of drug-likeness (QED) is 0.509. The molecule has 46 valence electrons. The van der Waals surface area contributed by atoms with E-state index in [1.165, 1.54) is 12.0 Å². The molecule has 9 heavy (non-hydrogen) atoms. The van der Waals surface area contributed by atoms with Crippen molar-refractivity contribution in [1.29, 1.82) is 5.26 Å². The largest absolute Gasteiger partial charge is 0.480 e. The van der Waals surface area contributed by atoms with Crippen LogP contribution in [0.1, 0.15) is 0 Å². The third-order valence-electron chi connectivity index (χ3n) is 0.640. The Hall–Kier alpha value is -1.59. The molecule has 0 spiro atoms. The van der Waals surface area contributed by atoms with Crippen molar-refractivity contribution in [3.05, 3.63) is 6.08 Å². The molecule has 0 aliphatic heterocycles. The maximum Gasteiger partial charge on any atom is 0.325 e. The fraction of sp³-hybridized carbons (Fsp3) is 0.200. The summed E-state index contributed by atoms with van der Waals surface area (Å²) in [7, 11) is 0. The normalized spacial score (nSPS) is 10.6. The van der Waals surface area contributed by atoms with Gasteiger partial charge in [0.05, 0.1) is 6.07 Å². The highest BCUT2D eigenvalue weighted by molar-refractivity contribution is 5.77. The SMILES string of the molecule is N#CC(C=C=O)C(=O)O. The predicted molar refractivity (Wildman–Crippen MR) is 27.0 cm³/mol. The molecule has 0 bridgehead atoms. The van der Waals surface area contributed by atoms with E-state index in [0.717, 1.165) is 0 Å². The Morgan fingerprint density at radius 3 is 2.44 bits per heavy atom. The number of carbonyl (C=O) groups is 1. The van der Waals surface area contributed by atoms with E-state index in [2.05, 4.69) is 0 Å². The Morgan fingerprint density at radius 1 is 1.78 bits per heavy atom. The van der Waals surface area contributed by atoms with Gasteiger partial charge in [0.15, 0.2) is 5.92 Å². The van der Waals surface area contributed by atoms with E-state index in [1.54, 1.807) is 0 Å². The zero-order chi connectivity index (χ0) is 7.28. The van der Waals surface area contributed by atoms with Gasteiger partial charge in [0.2, 0.25) is 0 Å². The zero-order valence-corrected chi connectivity index (χ0v) is 4.37. The van der Waals surface area contributed by atoms with Crippen molar-refractivity contribution in [3.63, 3.8) is 0 Å². The van der Waals surface area contributed by atoms with E-state index in [1.807, 2.05) is 0 Å². The van der Waals surface area contributed by atoms with Crippen molar-refractivity contribution in [2.24, 2.45) is 5.92 Å². The Labute approximate surface area is 51.0 Å². The predicted octanol–water partition coefficient (Wildman–Crippen LogP) is -0.401. The van der Waals surface area contributed by atoms with Crippen LogP contribution in [0.3, 0.4) is 0 Å². The van der Waals surface area contributed by atoms with Crippen molar-refractivity contribution < 1.29 is 14.7 Å². The molecule has 1 N–H and O–H groups in total. The molecule has 0 amide bonds. The van der Waals surface area contributed by atoms with Gasteiger partial charge in [-0.3, -0.25) is 4.79 Å². The second-order valence-corrected chi connectivity index (χ2v) is 1.23. The number of nitrogens with zero attached hydrogens (tertiary/aromatic N) is 1. The summed E-state index contributed by atoms with van der Waals surface area (Å²) in [6.07, 6.45) is 0.655. The smallest absolute Gasteiger partial charge is 0.325 e. The molecule has 0 radical (unpaired) electrons. The zero-order valence-electron chi connectivity index (χ0n) is 4.37. The summed E-state index contributed by atoms with van der Waals surface area (Å²) in [4.78, 5) is 19.4. The minimum absolute atomic E-state index is 0.655. The van der Waals surface area contributed by atoms with Gasteiger partial charge < -0.3 is 5.11 Å². The van der Waals surface area contributed by atoms with Crippen LogP contribution in [0.15, 0.2) is 6.08 Å². The van der Waals surface area contributed by atoms with Crippen LogP contribution >= 0.6 is 0 Å². The summed E-state index contributed by atoms with van der Waals surface area (Å²) in [6.45, 7) is 0. The van der Waals surface area contributed by atoms with Gasteiger partial charge in [-0.15, -0.1) is 0 Å². The van der Waals surface area contributed by atoms with Gasteiger partial charge in [-0.05, 0) is 0 Å². The molecule has 0 saturated carbocycles. The molecule has 0 aromatic carbocycles. The number of nitriles is 1. The molecule has 0 heterocycles. The molecule has 1 unspecified atom stereocenters. The molecule has 0 aromatic rings. The van der Waals surface area contributed by atoms with Crippen molar-refractivity contribution in [1.82, 2.24) is 0 Å². The number of hydrogen-bond donors (Lipinski definition) is 1. The van der Waals surface area contributed by atoms with Crippen LogP contribution in [-0.4, -0.2) is 17.0 Å². The Balaban J connectivity index is 4.21. The monoisotopic (exact) mass is 125 g/mol. The summed E-state index contributed by atoms with van der Waals surface area (Å²) in [5.41, 5.74) is 0. The molecule has 0 aliphatic rings. The molecule has 1 atom stereocenters. The summed E-state index contributed by atoms with van der Waals surface area (Å²) < 4.78 is 0. The molecule has 0 fully saturated rings. The minimum atomic E-state index is -1.36. The first-order valence-corrected chi connectivity index (χ1v) is 2.05. The first kappa shape index (κ1) is 7.41. The van der Waals surface area contributed by atoms with Gasteiger partial charge in [0.1, 0.15) is 5.94 Å². The van der Waals surface area contributed by atoms with Gasteiger partial charge in [-0.25, -0.2) is 4.79 Å². The van der Waals surface area contributed by atoms with Crippen molar-refractivity contribution in [2.45, 2.75) is 0 Å². The van der Waals surface area contributed by atoms with Gasteiger partial charge in [-0.2, -0.15) is 5.26 Å². The molecule has 4 heteroatoms. The average Bonchev–Trinajstić information content (AvgIpc) is 1.82. The van der Waals surface area contributed by atoms with Crippen LogP contribution in [0.25, 0.3) is 0 Å². The van der Waals surface area contributed by atoms with E-state index in [4.69, 9.17) is 10.4 Å². The Bertz CT molecular complexity index is 195. The molecule has 0 aliphatic carbocycles. The summed E-state index contributed by atoms with van der Waals surface area (Å²) >= 11 is 0. The highest BCUT2D eigenvalue weighted by Gasteiger charge is 2.11. The van der Waals surface area contributed by atoms with Crippen LogP contribution in [-0.2, 0) is 9.59 Å². The lowest BCUT2D eigenvalue weighted by Crippen LogP contribution is -2.07. The van der Waals surface area contributed by atoms with E-state index < -0.39 is 11.9 Å². The number of rotatable bonds is 2. The topological polar surface area (TPSA) is 78.2 Å². The molecule has 0 aromatic heterocycles. The first-order chi connectivity index (χ1) is 4.22. The highest BCUT2D eigenvalue weighted by atomic mass is 16.4. The van der Waals surface area contributed by atoms with Crippen molar-refractivity contribution in [2.75, 3.05) is 0 Å². The van der Waals surface area contributed by atoms with Crippen LogP contribution in [0.5, 0.6) is 0 Å². The maximum atomic E-state index is 9.89. The lowest BCUT2D eigenvalue weighted by atomic mass is 10.2. The lowest BCUT2D eigenvalue weighted by molar-refractivity contribution is -0.138. The lowest BCUT2D eigenvalue weighted by Gasteiger charge is -1.87.